The Hall–Kier alpha value is -3.04. The summed E-state index contributed by atoms with van der Waals surface area (Å²) in [7, 11) is -3.21. The molecule has 230 valence electrons. The van der Waals surface area contributed by atoms with Crippen LogP contribution in [0.3, 0.4) is 0 Å². The van der Waals surface area contributed by atoms with E-state index >= 15 is 4.39 Å². The first kappa shape index (κ1) is 31.9. The number of nitrogens with one attached hydrogen (secondary N) is 3. The number of methoxy groups -OCH3 is 1. The number of carbonyl (C=O) groups is 1. The van der Waals surface area contributed by atoms with Crippen molar-refractivity contribution in [3.8, 4) is 11.1 Å². The number of aromatic nitrogens is 4. The Bertz CT molecular complexity index is 1410. The molecule has 1 aliphatic heterocycles. The summed E-state index contributed by atoms with van der Waals surface area (Å²) in [5.41, 5.74) is 0.114. The van der Waals surface area contributed by atoms with Crippen LogP contribution in [0, 0.1) is 5.82 Å². The Morgan fingerprint density at radius 1 is 1.26 bits per heavy atom. The van der Waals surface area contributed by atoms with Crippen molar-refractivity contribution in [2.45, 2.75) is 45.3 Å². The van der Waals surface area contributed by atoms with Crippen molar-refractivity contribution in [3.05, 3.63) is 35.7 Å². The van der Waals surface area contributed by atoms with Gasteiger partial charge in [-0.25, -0.2) is 24.1 Å². The maximum absolute atomic E-state index is 16.1. The maximum atomic E-state index is 16.1. The third-order valence-electron chi connectivity index (χ3n) is 6.32. The van der Waals surface area contributed by atoms with Gasteiger partial charge in [0, 0.05) is 49.3 Å². The van der Waals surface area contributed by atoms with Gasteiger partial charge in [0.25, 0.3) is 7.82 Å². The van der Waals surface area contributed by atoms with Gasteiger partial charge >= 0.3 is 6.03 Å². The number of halogens is 1. The highest BCUT2D eigenvalue weighted by molar-refractivity contribution is 7.45. The highest BCUT2D eigenvalue weighted by Gasteiger charge is 2.32. The number of anilines is 1. The molecule has 0 saturated carbocycles. The number of hydrogen-bond donors (Lipinski definition) is 3. The number of ether oxygens (including phenoxy) is 3. The number of hydrogen-bond acceptors (Lipinski definition) is 11. The predicted molar refractivity (Wildman–Crippen MR) is 148 cm³/mol. The molecule has 16 heteroatoms. The van der Waals surface area contributed by atoms with E-state index in [9.17, 15) is 14.3 Å². The zero-order chi connectivity index (χ0) is 30.3. The quantitative estimate of drug-likeness (QED) is 0.180. The van der Waals surface area contributed by atoms with Gasteiger partial charge in [0.05, 0.1) is 43.6 Å². The summed E-state index contributed by atoms with van der Waals surface area (Å²) in [6.07, 6.45) is 3.62. The summed E-state index contributed by atoms with van der Waals surface area (Å²) >= 11 is 0. The van der Waals surface area contributed by atoms with Crippen molar-refractivity contribution in [1.82, 2.24) is 25.3 Å². The van der Waals surface area contributed by atoms with Crippen LogP contribution in [0.25, 0.3) is 22.2 Å². The van der Waals surface area contributed by atoms with Crippen LogP contribution in [-0.4, -0.2) is 72.7 Å². The fourth-order valence-corrected chi connectivity index (χ4v) is 5.40. The second-order valence-electron chi connectivity index (χ2n) is 9.90. The first-order valence-electron chi connectivity index (χ1n) is 13.5. The van der Waals surface area contributed by atoms with E-state index < -0.39 is 31.4 Å². The number of rotatable bonds is 14. The number of fused-ring (bicyclic) bond motifs is 1. The molecule has 1 saturated heterocycles. The van der Waals surface area contributed by atoms with Gasteiger partial charge in [-0.1, -0.05) is 0 Å². The minimum atomic E-state index is -4.73. The molecule has 14 nitrogen and oxygen atoms in total. The van der Waals surface area contributed by atoms with Crippen LogP contribution in [0.2, 0.25) is 0 Å². The van der Waals surface area contributed by atoms with Crippen molar-refractivity contribution in [2.24, 2.45) is 0 Å². The van der Waals surface area contributed by atoms with E-state index in [4.69, 9.17) is 23.3 Å². The lowest BCUT2D eigenvalue weighted by molar-refractivity contribution is -0.236. The van der Waals surface area contributed by atoms with Crippen LogP contribution >= 0.6 is 7.82 Å². The van der Waals surface area contributed by atoms with E-state index in [1.807, 2.05) is 0 Å². The number of phosphoric ester groups is 1. The van der Waals surface area contributed by atoms with Gasteiger partial charge in [0.1, 0.15) is 11.4 Å². The third-order valence-corrected chi connectivity index (χ3v) is 7.50. The van der Waals surface area contributed by atoms with E-state index in [1.165, 1.54) is 33.4 Å². The number of nitrogens with zero attached hydrogens (tertiary/aromatic N) is 3. The van der Waals surface area contributed by atoms with Crippen molar-refractivity contribution in [2.75, 3.05) is 52.0 Å². The molecule has 3 heterocycles. The molecule has 0 spiro atoms. The summed E-state index contributed by atoms with van der Waals surface area (Å²) in [4.78, 5) is 40.4. The largest absolute Gasteiger partial charge is 0.756 e. The monoisotopic (exact) mass is 609 g/mol. The van der Waals surface area contributed by atoms with Gasteiger partial charge < -0.3 is 38.5 Å². The minimum absolute atomic E-state index is 0.0359. The van der Waals surface area contributed by atoms with Crippen molar-refractivity contribution in [1.29, 1.82) is 0 Å². The summed E-state index contributed by atoms with van der Waals surface area (Å²) in [6.45, 7) is 6.12. The van der Waals surface area contributed by atoms with E-state index in [0.717, 1.165) is 6.42 Å². The lowest BCUT2D eigenvalue weighted by Crippen LogP contribution is -2.28. The number of phosphoric acid groups is 1. The molecule has 0 aliphatic carbocycles. The first-order chi connectivity index (χ1) is 20.0. The minimum Gasteiger partial charge on any atom is -0.756 e. The fraction of sp³-hybridized carbons (Fsp3) is 0.538. The molecule has 2 atom stereocenters. The van der Waals surface area contributed by atoms with Crippen LogP contribution in [0.5, 0.6) is 0 Å². The smallest absolute Gasteiger partial charge is 0.321 e. The molecule has 3 aromatic rings. The average molecular weight is 610 g/mol. The molecule has 0 bridgehead atoms. The molecule has 2 aromatic heterocycles. The van der Waals surface area contributed by atoms with Crippen LogP contribution in [-0.2, 0) is 33.4 Å². The Morgan fingerprint density at radius 3 is 2.67 bits per heavy atom. The second kappa shape index (κ2) is 14.0. The van der Waals surface area contributed by atoms with Crippen molar-refractivity contribution >= 4 is 30.8 Å². The van der Waals surface area contributed by atoms with E-state index in [-0.39, 0.29) is 36.1 Å². The lowest BCUT2D eigenvalue weighted by atomic mass is 9.98. The summed E-state index contributed by atoms with van der Waals surface area (Å²) < 4.78 is 54.4. The Kier molecular flexibility index (Phi) is 10.6. The number of carbonyl (C=O) groups excluding carboxylic acids is 1. The first-order valence-corrected chi connectivity index (χ1v) is 14.9. The molecule has 1 aromatic carbocycles. The number of urea groups is 1. The Morgan fingerprint density at radius 2 is 2.00 bits per heavy atom. The molecule has 0 radical (unpaired) electrons. The molecule has 2 amide bonds. The second-order valence-corrected chi connectivity index (χ2v) is 11.2. The average Bonchev–Trinajstić information content (AvgIpc) is 3.60. The SMILES string of the molecule is CCNC(=O)Nc1nc2c([C@H]3CCCO3)c(F)c(-c3cnc(C(C)(C)OP(=O)([O-])OCCOCCOC)nc3)cc2[nH]1. The number of amides is 2. The number of aromatic amines is 1. The van der Waals surface area contributed by atoms with Gasteiger partial charge in [-0.05, 0) is 39.7 Å². The molecular formula is C26H35FN6O8P-. The highest BCUT2D eigenvalue weighted by Crippen LogP contribution is 2.46. The van der Waals surface area contributed by atoms with Crippen molar-refractivity contribution < 1.29 is 41.9 Å². The standard InChI is InChI=1S/C26H36FN6O8P/c1-5-28-25(34)33-24-31-18-13-17(21(27)20(22(18)32-24)19-7-6-8-39-19)16-14-29-23(30-15-16)26(2,3)41-42(35,36)40-12-11-38-10-9-37-4/h13-15,19H,5-12H2,1-4H3,(H,35,36)(H3,28,31,32,33,34)/p-1/t19-/m1/s1. The van der Waals surface area contributed by atoms with Gasteiger partial charge in [-0.2, -0.15) is 0 Å². The van der Waals surface area contributed by atoms with Gasteiger partial charge in [0.2, 0.25) is 5.95 Å². The van der Waals surface area contributed by atoms with Gasteiger partial charge in [0.15, 0.2) is 5.82 Å². The van der Waals surface area contributed by atoms with Crippen molar-refractivity contribution in [3.63, 3.8) is 0 Å². The predicted octanol–water partition coefficient (Wildman–Crippen LogP) is 3.55. The topological polar surface area (TPSA) is 182 Å². The maximum Gasteiger partial charge on any atom is 0.321 e. The van der Waals surface area contributed by atoms with Crippen LogP contribution in [0.1, 0.15) is 51.1 Å². The van der Waals surface area contributed by atoms with E-state index in [2.05, 4.69) is 30.6 Å². The molecule has 42 heavy (non-hydrogen) atoms. The van der Waals surface area contributed by atoms with Crippen LogP contribution < -0.4 is 15.5 Å². The summed E-state index contributed by atoms with van der Waals surface area (Å²) in [6, 6.07) is 1.10. The lowest BCUT2D eigenvalue weighted by Gasteiger charge is -2.32. The Balaban J connectivity index is 1.56. The number of H-pyrrole nitrogens is 1. The third kappa shape index (κ3) is 7.86. The number of imidazole rings is 1. The van der Waals surface area contributed by atoms with Crippen LogP contribution in [0.15, 0.2) is 18.5 Å². The fourth-order valence-electron chi connectivity index (χ4n) is 4.41. The molecule has 1 aliphatic rings. The molecule has 4 rings (SSSR count). The Labute approximate surface area is 242 Å². The van der Waals surface area contributed by atoms with E-state index in [1.54, 1.807) is 13.0 Å². The highest BCUT2D eigenvalue weighted by atomic mass is 31.2. The molecule has 1 fully saturated rings. The van der Waals surface area contributed by atoms with Gasteiger partial charge in [-0.15, -0.1) is 0 Å². The van der Waals surface area contributed by atoms with Crippen LogP contribution in [0.4, 0.5) is 15.1 Å². The molecular weight excluding hydrogens is 574 g/mol. The molecule has 3 N–H and O–H groups in total. The summed E-state index contributed by atoms with van der Waals surface area (Å²) in [5, 5.41) is 5.22. The zero-order valence-electron chi connectivity index (χ0n) is 23.9. The number of benzene rings is 1. The zero-order valence-corrected chi connectivity index (χ0v) is 24.8. The van der Waals surface area contributed by atoms with Gasteiger partial charge in [-0.3, -0.25) is 9.88 Å². The van der Waals surface area contributed by atoms with E-state index in [0.29, 0.717) is 49.4 Å². The molecule has 1 unspecified atom stereocenters. The summed E-state index contributed by atoms with van der Waals surface area (Å²) in [5.74, 6) is -0.358. The normalized spacial score (nSPS) is 17.0.